The molecule has 2 heterocycles. The molecule has 0 saturated carbocycles. The van der Waals surface area contributed by atoms with Crippen molar-refractivity contribution < 1.29 is 28.7 Å². The molecular formula is C24H18N2O6S. The average Bonchev–Trinajstić information content (AvgIpc) is 3.44. The number of nitrogens with one attached hydrogen (secondary N) is 1. The highest BCUT2D eigenvalue weighted by Gasteiger charge is 2.34. The fourth-order valence-electron chi connectivity index (χ4n) is 3.09. The number of anilines is 1. The SMILES string of the molecule is CCOC(=O)c1ccc(N2NC(=O)/C(=C/c3cccc(OC(=O)c4cccs4)c3)C2=O)cc1. The molecule has 1 saturated heterocycles. The van der Waals surface area contributed by atoms with Crippen molar-refractivity contribution in [3.8, 4) is 5.75 Å². The normalized spacial score (nSPS) is 14.3. The lowest BCUT2D eigenvalue weighted by molar-refractivity contribution is -0.117. The molecule has 1 N–H and O–H groups in total. The molecule has 1 fully saturated rings. The Morgan fingerprint density at radius 1 is 1.03 bits per heavy atom. The number of hydrazine groups is 1. The fraction of sp³-hybridized carbons (Fsp3) is 0.0833. The zero-order valence-corrected chi connectivity index (χ0v) is 18.3. The van der Waals surface area contributed by atoms with Gasteiger partial charge < -0.3 is 9.47 Å². The molecule has 3 aromatic rings. The molecule has 9 heteroatoms. The van der Waals surface area contributed by atoms with Gasteiger partial charge in [-0.3, -0.25) is 15.0 Å². The van der Waals surface area contributed by atoms with Gasteiger partial charge in [0.2, 0.25) is 0 Å². The molecule has 4 rings (SSSR count). The van der Waals surface area contributed by atoms with E-state index in [-0.39, 0.29) is 12.2 Å². The molecule has 0 aliphatic carbocycles. The summed E-state index contributed by atoms with van der Waals surface area (Å²) in [4.78, 5) is 49.7. The first kappa shape index (κ1) is 22.0. The summed E-state index contributed by atoms with van der Waals surface area (Å²) < 4.78 is 10.3. The Morgan fingerprint density at radius 3 is 2.52 bits per heavy atom. The third-order valence-electron chi connectivity index (χ3n) is 4.63. The number of nitrogens with zero attached hydrogens (tertiary/aromatic N) is 1. The summed E-state index contributed by atoms with van der Waals surface area (Å²) in [6, 6.07) is 16.0. The van der Waals surface area contributed by atoms with Crippen LogP contribution in [0.1, 0.15) is 32.5 Å². The van der Waals surface area contributed by atoms with E-state index in [1.54, 1.807) is 48.7 Å². The number of carbonyl (C=O) groups is 4. The Labute approximate surface area is 193 Å². The van der Waals surface area contributed by atoms with Crippen LogP contribution in [0.25, 0.3) is 6.08 Å². The second kappa shape index (κ2) is 9.49. The molecule has 0 radical (unpaired) electrons. The number of hydrogen-bond donors (Lipinski definition) is 1. The number of amides is 2. The second-order valence-electron chi connectivity index (χ2n) is 6.85. The number of benzene rings is 2. The van der Waals surface area contributed by atoms with Crippen LogP contribution in [-0.4, -0.2) is 30.4 Å². The van der Waals surface area contributed by atoms with Gasteiger partial charge in [0.05, 0.1) is 17.9 Å². The summed E-state index contributed by atoms with van der Waals surface area (Å²) in [5.74, 6) is -1.79. The quantitative estimate of drug-likeness (QED) is 0.260. The van der Waals surface area contributed by atoms with Gasteiger partial charge in [0.25, 0.3) is 11.8 Å². The summed E-state index contributed by atoms with van der Waals surface area (Å²) in [6.07, 6.45) is 1.42. The molecule has 166 valence electrons. The van der Waals surface area contributed by atoms with E-state index in [2.05, 4.69) is 5.43 Å². The van der Waals surface area contributed by atoms with Crippen LogP contribution in [0, 0.1) is 0 Å². The van der Waals surface area contributed by atoms with E-state index in [0.29, 0.717) is 27.4 Å². The summed E-state index contributed by atoms with van der Waals surface area (Å²) in [6.45, 7) is 1.96. The van der Waals surface area contributed by atoms with Crippen molar-refractivity contribution in [3.05, 3.63) is 87.6 Å². The number of ether oxygens (including phenoxy) is 2. The number of carbonyl (C=O) groups excluding carboxylic acids is 4. The van der Waals surface area contributed by atoms with Crippen LogP contribution >= 0.6 is 11.3 Å². The van der Waals surface area contributed by atoms with Crippen LogP contribution in [0.5, 0.6) is 5.75 Å². The third-order valence-corrected chi connectivity index (χ3v) is 5.48. The van der Waals surface area contributed by atoms with Crippen LogP contribution in [0.4, 0.5) is 5.69 Å². The highest BCUT2D eigenvalue weighted by Crippen LogP contribution is 2.24. The Kier molecular flexibility index (Phi) is 6.32. The molecule has 2 aromatic carbocycles. The van der Waals surface area contributed by atoms with E-state index in [1.807, 2.05) is 0 Å². The Hall–Kier alpha value is -4.24. The number of thiophene rings is 1. The van der Waals surface area contributed by atoms with Crippen LogP contribution in [0.15, 0.2) is 71.6 Å². The van der Waals surface area contributed by atoms with E-state index in [1.165, 1.54) is 41.7 Å². The van der Waals surface area contributed by atoms with Gasteiger partial charge in [0.15, 0.2) is 0 Å². The van der Waals surface area contributed by atoms with Crippen molar-refractivity contribution >= 4 is 46.9 Å². The summed E-state index contributed by atoms with van der Waals surface area (Å²) >= 11 is 1.27. The van der Waals surface area contributed by atoms with Crippen LogP contribution < -0.4 is 15.2 Å². The van der Waals surface area contributed by atoms with Gasteiger partial charge in [0, 0.05) is 0 Å². The average molecular weight is 462 g/mol. The lowest BCUT2D eigenvalue weighted by atomic mass is 10.1. The van der Waals surface area contributed by atoms with Gasteiger partial charge in [-0.1, -0.05) is 18.2 Å². The lowest BCUT2D eigenvalue weighted by Crippen LogP contribution is -2.35. The van der Waals surface area contributed by atoms with Gasteiger partial charge in [0.1, 0.15) is 16.2 Å². The van der Waals surface area contributed by atoms with Gasteiger partial charge in [-0.05, 0) is 66.4 Å². The van der Waals surface area contributed by atoms with Crippen molar-refractivity contribution in [1.29, 1.82) is 0 Å². The summed E-state index contributed by atoms with van der Waals surface area (Å²) in [7, 11) is 0. The van der Waals surface area contributed by atoms with Gasteiger partial charge in [-0.25, -0.2) is 14.6 Å². The Bertz CT molecular complexity index is 1250. The van der Waals surface area contributed by atoms with Gasteiger partial charge in [-0.15, -0.1) is 11.3 Å². The maximum absolute atomic E-state index is 12.9. The lowest BCUT2D eigenvalue weighted by Gasteiger charge is -2.14. The minimum absolute atomic E-state index is 0.0776. The second-order valence-corrected chi connectivity index (χ2v) is 7.79. The van der Waals surface area contributed by atoms with Crippen LogP contribution in [-0.2, 0) is 14.3 Å². The third kappa shape index (κ3) is 4.83. The van der Waals surface area contributed by atoms with Crippen LogP contribution in [0.2, 0.25) is 0 Å². The van der Waals surface area contributed by atoms with Crippen molar-refractivity contribution in [2.24, 2.45) is 0 Å². The number of rotatable bonds is 6. The van der Waals surface area contributed by atoms with E-state index in [0.717, 1.165) is 5.01 Å². The molecule has 33 heavy (non-hydrogen) atoms. The van der Waals surface area contributed by atoms with Gasteiger partial charge >= 0.3 is 11.9 Å². The van der Waals surface area contributed by atoms with E-state index >= 15 is 0 Å². The predicted octanol–water partition coefficient (Wildman–Crippen LogP) is 3.61. The molecule has 0 unspecified atom stereocenters. The zero-order valence-electron chi connectivity index (χ0n) is 17.4. The molecule has 8 nitrogen and oxygen atoms in total. The van der Waals surface area contributed by atoms with Crippen molar-refractivity contribution in [1.82, 2.24) is 5.43 Å². The fourth-order valence-corrected chi connectivity index (χ4v) is 3.69. The molecule has 0 atom stereocenters. The topological polar surface area (TPSA) is 102 Å². The monoisotopic (exact) mass is 462 g/mol. The highest BCUT2D eigenvalue weighted by molar-refractivity contribution is 7.12. The Balaban J connectivity index is 1.51. The highest BCUT2D eigenvalue weighted by atomic mass is 32.1. The Morgan fingerprint density at radius 2 is 1.82 bits per heavy atom. The first-order valence-corrected chi connectivity index (χ1v) is 10.8. The zero-order chi connectivity index (χ0) is 23.4. The molecular weight excluding hydrogens is 444 g/mol. The molecule has 0 bridgehead atoms. The molecule has 1 aliphatic heterocycles. The molecule has 1 aliphatic rings. The van der Waals surface area contributed by atoms with Crippen molar-refractivity contribution in [2.45, 2.75) is 6.92 Å². The minimum atomic E-state index is -0.574. The smallest absolute Gasteiger partial charge is 0.353 e. The predicted molar refractivity (Wildman–Crippen MR) is 122 cm³/mol. The number of hydrogen-bond acceptors (Lipinski definition) is 7. The molecule has 2 amide bonds. The largest absolute Gasteiger partial charge is 0.462 e. The van der Waals surface area contributed by atoms with Crippen molar-refractivity contribution in [3.63, 3.8) is 0 Å². The maximum atomic E-state index is 12.9. The molecule has 1 aromatic heterocycles. The van der Waals surface area contributed by atoms with Crippen molar-refractivity contribution in [2.75, 3.05) is 11.6 Å². The van der Waals surface area contributed by atoms with Gasteiger partial charge in [-0.2, -0.15) is 0 Å². The number of esters is 2. The minimum Gasteiger partial charge on any atom is -0.462 e. The van der Waals surface area contributed by atoms with E-state index in [9.17, 15) is 19.2 Å². The first-order chi connectivity index (χ1) is 16.0. The maximum Gasteiger partial charge on any atom is 0.353 e. The summed E-state index contributed by atoms with van der Waals surface area (Å²) in [5.41, 5.74) is 3.67. The first-order valence-electron chi connectivity index (χ1n) is 9.96. The van der Waals surface area contributed by atoms with Crippen LogP contribution in [0.3, 0.4) is 0 Å². The van der Waals surface area contributed by atoms with E-state index in [4.69, 9.17) is 9.47 Å². The standard InChI is InChI=1S/C24H18N2O6S/c1-2-31-23(29)16-8-10-17(11-9-16)26-22(28)19(21(27)25-26)14-15-5-3-6-18(13-15)32-24(30)20-7-4-12-33-20/h3-14H,2H2,1H3,(H,25,27)/b19-14-. The molecule has 0 spiro atoms. The van der Waals surface area contributed by atoms with E-state index < -0.39 is 23.8 Å². The summed E-state index contributed by atoms with van der Waals surface area (Å²) in [5, 5.41) is 2.88.